The van der Waals surface area contributed by atoms with E-state index < -0.39 is 24.1 Å². The highest BCUT2D eigenvalue weighted by Gasteiger charge is 2.57. The first-order valence-electron chi connectivity index (χ1n) is 8.45. The molecule has 29 heavy (non-hydrogen) atoms. The van der Waals surface area contributed by atoms with E-state index in [1.165, 1.54) is 25.3 Å². The highest BCUT2D eigenvalue weighted by molar-refractivity contribution is 6.33. The molecule has 1 atom stereocenters. The summed E-state index contributed by atoms with van der Waals surface area (Å²) in [6.45, 7) is 0.938. The van der Waals surface area contributed by atoms with Gasteiger partial charge in [0.1, 0.15) is 5.75 Å². The van der Waals surface area contributed by atoms with E-state index in [0.29, 0.717) is 22.6 Å². The Balaban J connectivity index is 1.70. The molecule has 0 saturated carbocycles. The predicted octanol–water partition coefficient (Wildman–Crippen LogP) is 4.55. The fourth-order valence-electron chi connectivity index (χ4n) is 2.59. The number of hydrogen-bond donors (Lipinski definition) is 2. The van der Waals surface area contributed by atoms with Crippen LogP contribution in [0, 0.1) is 0 Å². The molecule has 1 amide bonds. The molecule has 1 aliphatic heterocycles. The molecule has 0 aliphatic carbocycles. The number of nitrogens with zero attached hydrogens (tertiary/aromatic N) is 1. The molecule has 6 nitrogen and oxygen atoms in total. The van der Waals surface area contributed by atoms with Crippen molar-refractivity contribution in [3.8, 4) is 5.75 Å². The third-order valence-electron chi connectivity index (χ3n) is 4.42. The van der Waals surface area contributed by atoms with Crippen LogP contribution in [0.15, 0.2) is 47.6 Å². The number of oxime groups is 1. The Morgan fingerprint density at radius 1 is 1.24 bits per heavy atom. The first-order chi connectivity index (χ1) is 13.6. The number of nitrogens with one attached hydrogen (secondary N) is 2. The minimum atomic E-state index is -4.56. The van der Waals surface area contributed by atoms with Gasteiger partial charge in [-0.05, 0) is 43.3 Å². The minimum absolute atomic E-state index is 0.131. The maximum Gasteiger partial charge on any atom is 0.431 e. The van der Waals surface area contributed by atoms with Gasteiger partial charge < -0.3 is 9.57 Å². The van der Waals surface area contributed by atoms with Gasteiger partial charge in [-0.15, -0.1) is 0 Å². The lowest BCUT2D eigenvalue weighted by molar-refractivity contribution is -0.261. The number of benzene rings is 2. The number of carbonyl (C=O) groups is 1. The third kappa shape index (κ3) is 4.40. The smallest absolute Gasteiger partial charge is 0.431 e. The average molecular weight is 428 g/mol. The summed E-state index contributed by atoms with van der Waals surface area (Å²) in [5.41, 5.74) is 3.98. The number of carbonyl (C=O) groups excluding carboxylic acids is 1. The lowest BCUT2D eigenvalue weighted by atomic mass is 9.95. The van der Waals surface area contributed by atoms with E-state index in [4.69, 9.17) is 16.3 Å². The molecule has 0 spiro atoms. The summed E-state index contributed by atoms with van der Waals surface area (Å²) in [7, 11) is 1.52. The molecule has 0 saturated heterocycles. The number of hydrogen-bond acceptors (Lipinski definition) is 5. The highest BCUT2D eigenvalue weighted by atomic mass is 35.5. The number of amides is 1. The average Bonchev–Trinajstić information content (AvgIpc) is 3.11. The molecule has 10 heteroatoms. The Kier molecular flexibility index (Phi) is 5.61. The van der Waals surface area contributed by atoms with Gasteiger partial charge >= 0.3 is 6.18 Å². The molecule has 0 bridgehead atoms. The topological polar surface area (TPSA) is 72.0 Å². The first-order valence-corrected chi connectivity index (χ1v) is 8.83. The van der Waals surface area contributed by atoms with Crippen LogP contribution in [0.1, 0.15) is 29.3 Å². The van der Waals surface area contributed by atoms with Gasteiger partial charge in [-0.25, -0.2) is 0 Å². The molecule has 1 aliphatic rings. The number of methoxy groups -OCH3 is 1. The zero-order valence-electron chi connectivity index (χ0n) is 15.4. The van der Waals surface area contributed by atoms with E-state index in [0.717, 1.165) is 6.92 Å². The summed E-state index contributed by atoms with van der Waals surface area (Å²) >= 11 is 6.12. The van der Waals surface area contributed by atoms with Crippen LogP contribution in [0.3, 0.4) is 0 Å². The van der Waals surface area contributed by atoms with Crippen LogP contribution in [-0.4, -0.2) is 30.5 Å². The van der Waals surface area contributed by atoms with Crippen LogP contribution in [0.25, 0.3) is 0 Å². The summed E-state index contributed by atoms with van der Waals surface area (Å²) in [6.07, 6.45) is -4.99. The minimum Gasteiger partial charge on any atom is -0.497 e. The van der Waals surface area contributed by atoms with Crippen molar-refractivity contribution in [3.05, 3.63) is 58.6 Å². The van der Waals surface area contributed by atoms with E-state index in [9.17, 15) is 18.0 Å². The maximum absolute atomic E-state index is 13.1. The van der Waals surface area contributed by atoms with Gasteiger partial charge in [0.15, 0.2) is 0 Å². The standard InChI is InChI=1S/C19H17ClF3N3O3/c1-18(19(21,22)23)10-16(26-29-18)12-5-8-14(20)15(9-12)24-25-17(27)11-3-6-13(28-2)7-4-11/h3-9,24H,10H2,1-2H3,(H,25,27). The predicted molar refractivity (Wildman–Crippen MR) is 102 cm³/mol. The second kappa shape index (κ2) is 7.82. The fraction of sp³-hybridized carbons (Fsp3) is 0.263. The number of anilines is 1. The quantitative estimate of drug-likeness (QED) is 0.687. The van der Waals surface area contributed by atoms with Crippen molar-refractivity contribution in [3.63, 3.8) is 0 Å². The van der Waals surface area contributed by atoms with Crippen molar-refractivity contribution in [1.82, 2.24) is 5.43 Å². The second-order valence-corrected chi connectivity index (χ2v) is 6.94. The molecule has 1 unspecified atom stereocenters. The van der Waals surface area contributed by atoms with Crippen molar-refractivity contribution in [2.75, 3.05) is 12.5 Å². The van der Waals surface area contributed by atoms with Crippen molar-refractivity contribution < 1.29 is 27.5 Å². The third-order valence-corrected chi connectivity index (χ3v) is 4.75. The normalized spacial score (nSPS) is 18.6. The Labute approximate surface area is 169 Å². The van der Waals surface area contributed by atoms with Crippen LogP contribution in [0.2, 0.25) is 5.02 Å². The summed E-state index contributed by atoms with van der Waals surface area (Å²) in [5, 5.41) is 3.85. The van der Waals surface area contributed by atoms with Crippen molar-refractivity contribution in [2.24, 2.45) is 5.16 Å². The van der Waals surface area contributed by atoms with Gasteiger partial charge in [0.05, 0.1) is 23.5 Å². The van der Waals surface area contributed by atoms with Crippen LogP contribution in [0.4, 0.5) is 18.9 Å². The number of alkyl halides is 3. The van der Waals surface area contributed by atoms with Gasteiger partial charge in [-0.3, -0.25) is 15.6 Å². The van der Waals surface area contributed by atoms with Gasteiger partial charge in [0, 0.05) is 17.5 Å². The molecule has 0 radical (unpaired) electrons. The monoisotopic (exact) mass is 427 g/mol. The lowest BCUT2D eigenvalue weighted by Gasteiger charge is -2.24. The van der Waals surface area contributed by atoms with E-state index in [2.05, 4.69) is 20.8 Å². The Hall–Kier alpha value is -2.94. The molecule has 2 aromatic carbocycles. The number of hydrazine groups is 1. The van der Waals surface area contributed by atoms with Crippen LogP contribution in [0.5, 0.6) is 5.75 Å². The van der Waals surface area contributed by atoms with E-state index >= 15 is 0 Å². The molecular formula is C19H17ClF3N3O3. The zero-order chi connectivity index (χ0) is 21.2. The van der Waals surface area contributed by atoms with Crippen molar-refractivity contribution in [1.29, 1.82) is 0 Å². The fourth-order valence-corrected chi connectivity index (χ4v) is 2.75. The molecule has 1 heterocycles. The maximum atomic E-state index is 13.1. The molecule has 154 valence electrons. The summed E-state index contributed by atoms with van der Waals surface area (Å²) in [6, 6.07) is 10.9. The lowest BCUT2D eigenvalue weighted by Crippen LogP contribution is -2.42. The number of halogens is 4. The van der Waals surface area contributed by atoms with Gasteiger partial charge in [-0.2, -0.15) is 13.2 Å². The van der Waals surface area contributed by atoms with E-state index in [1.54, 1.807) is 24.3 Å². The second-order valence-electron chi connectivity index (χ2n) is 6.54. The molecule has 3 rings (SSSR count). The largest absolute Gasteiger partial charge is 0.497 e. The highest BCUT2D eigenvalue weighted by Crippen LogP contribution is 2.41. The number of ether oxygens (including phenoxy) is 1. The Morgan fingerprint density at radius 3 is 2.52 bits per heavy atom. The number of rotatable bonds is 5. The van der Waals surface area contributed by atoms with Crippen LogP contribution >= 0.6 is 11.6 Å². The Morgan fingerprint density at radius 2 is 1.93 bits per heavy atom. The van der Waals surface area contributed by atoms with Crippen molar-refractivity contribution in [2.45, 2.75) is 25.1 Å². The summed E-state index contributed by atoms with van der Waals surface area (Å²) in [5.74, 6) is 0.177. The van der Waals surface area contributed by atoms with Crippen LogP contribution < -0.4 is 15.6 Å². The van der Waals surface area contributed by atoms with Crippen molar-refractivity contribution >= 4 is 28.9 Å². The van der Waals surface area contributed by atoms with Gasteiger partial charge in [-0.1, -0.05) is 22.8 Å². The van der Waals surface area contributed by atoms with E-state index in [1.807, 2.05) is 0 Å². The van der Waals surface area contributed by atoms with Gasteiger partial charge in [0.25, 0.3) is 5.91 Å². The summed E-state index contributed by atoms with van der Waals surface area (Å²) < 4.78 is 44.4. The zero-order valence-corrected chi connectivity index (χ0v) is 16.2. The van der Waals surface area contributed by atoms with Crippen LogP contribution in [-0.2, 0) is 4.84 Å². The summed E-state index contributed by atoms with van der Waals surface area (Å²) in [4.78, 5) is 16.9. The first kappa shape index (κ1) is 20.8. The molecular weight excluding hydrogens is 411 g/mol. The molecule has 2 N–H and O–H groups in total. The molecule has 0 aromatic heterocycles. The van der Waals surface area contributed by atoms with Gasteiger partial charge in [0.2, 0.25) is 5.60 Å². The SMILES string of the molecule is COc1ccc(C(=O)NNc2cc(C3=NOC(C)(C(F)(F)F)C3)ccc2Cl)cc1. The Bertz CT molecular complexity index is 948. The van der Waals surface area contributed by atoms with E-state index in [-0.39, 0.29) is 10.7 Å². The molecule has 0 fully saturated rings. The molecule has 2 aromatic rings.